The Hall–Kier alpha value is -1.05. The summed E-state index contributed by atoms with van der Waals surface area (Å²) in [6.45, 7) is 5.90. The zero-order valence-corrected chi connectivity index (χ0v) is 9.71. The van der Waals surface area contributed by atoms with Crippen LogP contribution in [0.3, 0.4) is 0 Å². The summed E-state index contributed by atoms with van der Waals surface area (Å²) in [6, 6.07) is 0. The Morgan fingerprint density at radius 3 is 2.60 bits per heavy atom. The van der Waals surface area contributed by atoms with Crippen LogP contribution >= 0.6 is 0 Å². The fourth-order valence-electron chi connectivity index (χ4n) is 1.24. The van der Waals surface area contributed by atoms with Crippen LogP contribution < -0.4 is 0 Å². The molecule has 0 saturated carbocycles. The van der Waals surface area contributed by atoms with E-state index in [1.807, 2.05) is 6.08 Å². The van der Waals surface area contributed by atoms with Gasteiger partial charge in [-0.3, -0.25) is 0 Å². The Labute approximate surface area is 93.0 Å². The SMILES string of the molecule is C=CC(=O)OC/C=C/CCCCCCC. The van der Waals surface area contributed by atoms with E-state index in [1.165, 1.54) is 38.2 Å². The molecule has 0 amide bonds. The van der Waals surface area contributed by atoms with E-state index in [-0.39, 0.29) is 5.97 Å². The van der Waals surface area contributed by atoms with Crippen LogP contribution in [0, 0.1) is 0 Å². The average molecular weight is 210 g/mol. The average Bonchev–Trinajstić information content (AvgIpc) is 2.26. The highest BCUT2D eigenvalue weighted by Crippen LogP contribution is 2.05. The summed E-state index contributed by atoms with van der Waals surface area (Å²) >= 11 is 0. The predicted molar refractivity (Wildman–Crippen MR) is 63.7 cm³/mol. The molecular formula is C13H22O2. The highest BCUT2D eigenvalue weighted by atomic mass is 16.5. The molecule has 2 nitrogen and oxygen atoms in total. The maximum Gasteiger partial charge on any atom is 0.330 e. The monoisotopic (exact) mass is 210 g/mol. The maximum absolute atomic E-state index is 10.6. The Balaban J connectivity index is 3.17. The summed E-state index contributed by atoms with van der Waals surface area (Å²) in [5.74, 6) is -0.359. The smallest absolute Gasteiger partial charge is 0.330 e. The molecule has 0 spiro atoms. The molecule has 0 atom stereocenters. The molecule has 0 unspecified atom stereocenters. The summed E-state index contributed by atoms with van der Waals surface area (Å²) < 4.78 is 4.79. The van der Waals surface area contributed by atoms with Gasteiger partial charge in [0, 0.05) is 6.08 Å². The molecule has 0 aromatic rings. The molecule has 0 aliphatic carbocycles. The number of hydrogen-bond donors (Lipinski definition) is 0. The van der Waals surface area contributed by atoms with Crippen LogP contribution in [0.15, 0.2) is 24.8 Å². The van der Waals surface area contributed by atoms with Gasteiger partial charge in [-0.05, 0) is 12.8 Å². The lowest BCUT2D eigenvalue weighted by Gasteiger charge is -1.97. The van der Waals surface area contributed by atoms with E-state index >= 15 is 0 Å². The highest BCUT2D eigenvalue weighted by molar-refractivity contribution is 5.81. The summed E-state index contributed by atoms with van der Waals surface area (Å²) in [6.07, 6.45) is 12.7. The topological polar surface area (TPSA) is 26.3 Å². The van der Waals surface area contributed by atoms with Crippen LogP contribution in [0.4, 0.5) is 0 Å². The van der Waals surface area contributed by atoms with Crippen LogP contribution in [0.5, 0.6) is 0 Å². The Kier molecular flexibility index (Phi) is 10.3. The molecule has 2 heteroatoms. The van der Waals surface area contributed by atoms with Crippen molar-refractivity contribution in [3.8, 4) is 0 Å². The Morgan fingerprint density at radius 1 is 1.20 bits per heavy atom. The second-order valence-corrected chi connectivity index (χ2v) is 3.51. The molecule has 0 saturated heterocycles. The molecule has 0 aliphatic rings. The van der Waals surface area contributed by atoms with Crippen LogP contribution in [-0.4, -0.2) is 12.6 Å². The van der Waals surface area contributed by atoms with Crippen LogP contribution in [0.25, 0.3) is 0 Å². The third-order valence-corrected chi connectivity index (χ3v) is 2.13. The minimum absolute atomic E-state index is 0.359. The lowest BCUT2D eigenvalue weighted by Crippen LogP contribution is -1.98. The molecule has 0 rings (SSSR count). The van der Waals surface area contributed by atoms with Crippen LogP contribution in [-0.2, 0) is 9.53 Å². The minimum atomic E-state index is -0.359. The van der Waals surface area contributed by atoms with E-state index in [0.717, 1.165) is 6.42 Å². The van der Waals surface area contributed by atoms with Gasteiger partial charge in [0.05, 0.1) is 0 Å². The fourth-order valence-corrected chi connectivity index (χ4v) is 1.24. The summed E-state index contributed by atoms with van der Waals surface area (Å²) in [7, 11) is 0. The van der Waals surface area contributed by atoms with Crippen molar-refractivity contribution in [3.63, 3.8) is 0 Å². The van der Waals surface area contributed by atoms with Gasteiger partial charge in [0.1, 0.15) is 6.61 Å². The molecule has 0 heterocycles. The van der Waals surface area contributed by atoms with Gasteiger partial charge in [0.2, 0.25) is 0 Å². The Morgan fingerprint density at radius 2 is 1.93 bits per heavy atom. The second-order valence-electron chi connectivity index (χ2n) is 3.51. The van der Waals surface area contributed by atoms with Crippen molar-refractivity contribution in [2.75, 3.05) is 6.61 Å². The summed E-state index contributed by atoms with van der Waals surface area (Å²) in [5.41, 5.74) is 0. The van der Waals surface area contributed by atoms with Gasteiger partial charge in [-0.1, -0.05) is 51.3 Å². The third-order valence-electron chi connectivity index (χ3n) is 2.13. The lowest BCUT2D eigenvalue weighted by molar-refractivity contribution is -0.136. The molecule has 0 aromatic carbocycles. The van der Waals surface area contributed by atoms with E-state index in [9.17, 15) is 4.79 Å². The molecule has 0 bridgehead atoms. The number of unbranched alkanes of at least 4 members (excludes halogenated alkanes) is 5. The number of rotatable bonds is 9. The van der Waals surface area contributed by atoms with Crippen molar-refractivity contribution in [1.82, 2.24) is 0 Å². The van der Waals surface area contributed by atoms with Crippen LogP contribution in [0.2, 0.25) is 0 Å². The number of allylic oxidation sites excluding steroid dienone is 1. The molecule has 0 aliphatic heterocycles. The number of ether oxygens (including phenoxy) is 1. The first-order chi connectivity index (χ1) is 7.31. The van der Waals surface area contributed by atoms with Crippen molar-refractivity contribution in [3.05, 3.63) is 24.8 Å². The van der Waals surface area contributed by atoms with Gasteiger partial charge in [0.15, 0.2) is 0 Å². The third kappa shape index (κ3) is 10.9. The molecule has 15 heavy (non-hydrogen) atoms. The number of hydrogen-bond acceptors (Lipinski definition) is 2. The van der Waals surface area contributed by atoms with Gasteiger partial charge in [-0.2, -0.15) is 0 Å². The zero-order valence-electron chi connectivity index (χ0n) is 9.71. The molecular weight excluding hydrogens is 188 g/mol. The van der Waals surface area contributed by atoms with Crippen molar-refractivity contribution in [1.29, 1.82) is 0 Å². The molecule has 0 fully saturated rings. The summed E-state index contributed by atoms with van der Waals surface area (Å²) in [5, 5.41) is 0. The van der Waals surface area contributed by atoms with Gasteiger partial charge in [-0.15, -0.1) is 0 Å². The van der Waals surface area contributed by atoms with Crippen molar-refractivity contribution in [2.24, 2.45) is 0 Å². The van der Waals surface area contributed by atoms with Gasteiger partial charge in [0.25, 0.3) is 0 Å². The first-order valence-corrected chi connectivity index (χ1v) is 5.75. The van der Waals surface area contributed by atoms with E-state index in [2.05, 4.69) is 19.6 Å². The van der Waals surface area contributed by atoms with Crippen molar-refractivity contribution < 1.29 is 9.53 Å². The molecule has 0 N–H and O–H groups in total. The maximum atomic E-state index is 10.6. The predicted octanol–water partition coefficient (Wildman–Crippen LogP) is 3.63. The summed E-state index contributed by atoms with van der Waals surface area (Å²) in [4.78, 5) is 10.6. The zero-order chi connectivity index (χ0) is 11.4. The standard InChI is InChI=1S/C13H22O2/c1-3-5-6-7-8-9-10-11-12-15-13(14)4-2/h4,10-11H,2-3,5-9,12H2,1H3/b11-10+. The van der Waals surface area contributed by atoms with Gasteiger partial charge in [-0.25, -0.2) is 4.79 Å². The first kappa shape index (κ1) is 13.9. The molecule has 0 radical (unpaired) electrons. The fraction of sp³-hybridized carbons (Fsp3) is 0.615. The van der Waals surface area contributed by atoms with Gasteiger partial charge >= 0.3 is 5.97 Å². The number of esters is 1. The number of carbonyl (C=O) groups excluding carboxylic acids is 1. The molecule has 0 aromatic heterocycles. The van der Waals surface area contributed by atoms with E-state index < -0.39 is 0 Å². The largest absolute Gasteiger partial charge is 0.458 e. The van der Waals surface area contributed by atoms with E-state index in [1.54, 1.807) is 0 Å². The highest BCUT2D eigenvalue weighted by Gasteiger charge is 1.90. The van der Waals surface area contributed by atoms with Crippen LogP contribution in [0.1, 0.15) is 45.4 Å². The van der Waals surface area contributed by atoms with E-state index in [4.69, 9.17) is 4.74 Å². The minimum Gasteiger partial charge on any atom is -0.458 e. The quantitative estimate of drug-likeness (QED) is 0.251. The lowest BCUT2D eigenvalue weighted by atomic mass is 10.1. The van der Waals surface area contributed by atoms with Gasteiger partial charge < -0.3 is 4.74 Å². The molecule has 86 valence electrons. The van der Waals surface area contributed by atoms with Crippen molar-refractivity contribution >= 4 is 5.97 Å². The normalized spacial score (nSPS) is 10.5. The van der Waals surface area contributed by atoms with E-state index in [0.29, 0.717) is 6.61 Å². The Bertz CT molecular complexity index is 195. The first-order valence-electron chi connectivity index (χ1n) is 5.75. The number of carbonyl (C=O) groups is 1. The second kappa shape index (κ2) is 11.0. The van der Waals surface area contributed by atoms with Crippen molar-refractivity contribution in [2.45, 2.75) is 45.4 Å².